The van der Waals surface area contributed by atoms with Crippen molar-refractivity contribution in [2.75, 3.05) is 0 Å². The summed E-state index contributed by atoms with van der Waals surface area (Å²) in [6.07, 6.45) is 2.50. The van der Waals surface area contributed by atoms with Gasteiger partial charge in [0, 0.05) is 34.6 Å². The van der Waals surface area contributed by atoms with Crippen LogP contribution in [0.5, 0.6) is 0 Å². The van der Waals surface area contributed by atoms with Crippen molar-refractivity contribution in [2.24, 2.45) is 0 Å². The highest BCUT2D eigenvalue weighted by molar-refractivity contribution is 7.90. The van der Waals surface area contributed by atoms with Gasteiger partial charge in [0.2, 0.25) is 0 Å². The van der Waals surface area contributed by atoms with Gasteiger partial charge in [0.25, 0.3) is 10.0 Å². The van der Waals surface area contributed by atoms with Gasteiger partial charge in [-0.2, -0.15) is 0 Å². The SMILES string of the molecule is Cc1ccc(S(=O)(=O)n2c(Cc3c[nH]c4ccccc34)c(C)c3ccccc32)cc1. The van der Waals surface area contributed by atoms with E-state index in [1.165, 1.54) is 3.97 Å². The van der Waals surface area contributed by atoms with Crippen LogP contribution in [0.25, 0.3) is 21.8 Å². The maximum absolute atomic E-state index is 13.7. The lowest BCUT2D eigenvalue weighted by Gasteiger charge is -2.13. The molecule has 150 valence electrons. The Morgan fingerprint density at radius 1 is 0.833 bits per heavy atom. The molecule has 5 heteroatoms. The van der Waals surface area contributed by atoms with Gasteiger partial charge in [-0.25, -0.2) is 12.4 Å². The minimum Gasteiger partial charge on any atom is -0.361 e. The molecule has 2 heterocycles. The molecule has 0 atom stereocenters. The summed E-state index contributed by atoms with van der Waals surface area (Å²) in [7, 11) is -3.74. The van der Waals surface area contributed by atoms with E-state index in [-0.39, 0.29) is 0 Å². The summed E-state index contributed by atoms with van der Waals surface area (Å²) in [5.74, 6) is 0. The maximum Gasteiger partial charge on any atom is 0.268 e. The monoisotopic (exact) mass is 414 g/mol. The Morgan fingerprint density at radius 2 is 1.50 bits per heavy atom. The molecule has 0 aliphatic carbocycles. The van der Waals surface area contributed by atoms with Crippen LogP contribution in [-0.4, -0.2) is 17.4 Å². The van der Waals surface area contributed by atoms with E-state index < -0.39 is 10.0 Å². The van der Waals surface area contributed by atoms with Crippen molar-refractivity contribution < 1.29 is 8.42 Å². The van der Waals surface area contributed by atoms with E-state index in [0.29, 0.717) is 16.8 Å². The molecular weight excluding hydrogens is 392 g/mol. The Bertz CT molecular complexity index is 1490. The molecule has 5 aromatic rings. The zero-order valence-electron chi connectivity index (χ0n) is 16.9. The molecule has 0 amide bonds. The third kappa shape index (κ3) is 2.85. The summed E-state index contributed by atoms with van der Waals surface area (Å²) in [5.41, 5.74) is 5.66. The van der Waals surface area contributed by atoms with Crippen molar-refractivity contribution in [1.29, 1.82) is 0 Å². The normalized spacial score (nSPS) is 12.1. The van der Waals surface area contributed by atoms with Gasteiger partial charge in [0.15, 0.2) is 0 Å². The van der Waals surface area contributed by atoms with Gasteiger partial charge in [-0.3, -0.25) is 0 Å². The van der Waals surface area contributed by atoms with Crippen molar-refractivity contribution in [3.63, 3.8) is 0 Å². The van der Waals surface area contributed by atoms with Crippen LogP contribution in [0.1, 0.15) is 22.4 Å². The average molecular weight is 415 g/mol. The number of hydrogen-bond acceptors (Lipinski definition) is 2. The Kier molecular flexibility index (Phi) is 4.29. The average Bonchev–Trinajstić information content (AvgIpc) is 3.28. The molecule has 0 saturated heterocycles. The van der Waals surface area contributed by atoms with Gasteiger partial charge in [-0.15, -0.1) is 0 Å². The molecule has 1 N–H and O–H groups in total. The lowest BCUT2D eigenvalue weighted by Crippen LogP contribution is -2.16. The molecule has 0 spiro atoms. The van der Waals surface area contributed by atoms with Crippen LogP contribution in [0, 0.1) is 13.8 Å². The first-order chi connectivity index (χ1) is 14.5. The number of hydrogen-bond donors (Lipinski definition) is 1. The van der Waals surface area contributed by atoms with Crippen molar-refractivity contribution in [1.82, 2.24) is 8.96 Å². The third-order valence-corrected chi connectivity index (χ3v) is 7.56. The summed E-state index contributed by atoms with van der Waals surface area (Å²) in [4.78, 5) is 3.60. The molecule has 30 heavy (non-hydrogen) atoms. The summed E-state index contributed by atoms with van der Waals surface area (Å²) >= 11 is 0. The number of nitrogens with one attached hydrogen (secondary N) is 1. The van der Waals surface area contributed by atoms with Gasteiger partial charge >= 0.3 is 0 Å². The summed E-state index contributed by atoms with van der Waals surface area (Å²) < 4.78 is 29.0. The third-order valence-electron chi connectivity index (χ3n) is 5.80. The lowest BCUT2D eigenvalue weighted by atomic mass is 10.1. The van der Waals surface area contributed by atoms with E-state index in [4.69, 9.17) is 0 Å². The molecule has 2 aromatic heterocycles. The van der Waals surface area contributed by atoms with E-state index in [0.717, 1.165) is 38.7 Å². The van der Waals surface area contributed by atoms with E-state index in [9.17, 15) is 8.42 Å². The van der Waals surface area contributed by atoms with E-state index in [1.54, 1.807) is 12.1 Å². The van der Waals surface area contributed by atoms with Gasteiger partial charge in [0.1, 0.15) is 0 Å². The number of aryl methyl sites for hydroxylation is 2. The highest BCUT2D eigenvalue weighted by Gasteiger charge is 2.25. The minimum absolute atomic E-state index is 0.300. The number of H-pyrrole nitrogens is 1. The Morgan fingerprint density at radius 3 is 2.27 bits per heavy atom. The molecule has 0 saturated carbocycles. The molecule has 0 aliphatic heterocycles. The number of fused-ring (bicyclic) bond motifs is 2. The Labute approximate surface area is 175 Å². The van der Waals surface area contributed by atoms with E-state index in [1.807, 2.05) is 74.6 Å². The fourth-order valence-corrected chi connectivity index (χ4v) is 5.77. The number of para-hydroxylation sites is 2. The summed E-state index contributed by atoms with van der Waals surface area (Å²) in [6.45, 7) is 3.96. The molecule has 5 rings (SSSR count). The summed E-state index contributed by atoms with van der Waals surface area (Å²) in [5, 5.41) is 2.07. The van der Waals surface area contributed by atoms with Crippen molar-refractivity contribution in [3.05, 3.63) is 101 Å². The second-order valence-electron chi connectivity index (χ2n) is 7.71. The highest BCUT2D eigenvalue weighted by atomic mass is 32.2. The van der Waals surface area contributed by atoms with Crippen molar-refractivity contribution in [3.8, 4) is 0 Å². The molecule has 0 aliphatic rings. The van der Waals surface area contributed by atoms with Crippen LogP contribution in [0.3, 0.4) is 0 Å². The van der Waals surface area contributed by atoms with E-state index in [2.05, 4.69) is 11.1 Å². The number of aromatic amines is 1. The molecule has 0 unspecified atom stereocenters. The number of aromatic nitrogens is 2. The molecular formula is C25H22N2O2S. The molecule has 0 radical (unpaired) electrons. The van der Waals surface area contributed by atoms with Gasteiger partial charge < -0.3 is 4.98 Å². The number of benzene rings is 3. The zero-order valence-corrected chi connectivity index (χ0v) is 17.7. The first kappa shape index (κ1) is 18.7. The van der Waals surface area contributed by atoms with Crippen LogP contribution in [-0.2, 0) is 16.4 Å². The first-order valence-corrected chi connectivity index (χ1v) is 11.4. The van der Waals surface area contributed by atoms with Crippen molar-refractivity contribution in [2.45, 2.75) is 25.2 Å². The van der Waals surface area contributed by atoms with Crippen LogP contribution in [0.15, 0.2) is 83.9 Å². The predicted octanol–water partition coefficient (Wildman–Crippen LogP) is 5.57. The van der Waals surface area contributed by atoms with Gasteiger partial charge in [0.05, 0.1) is 10.4 Å². The van der Waals surface area contributed by atoms with Crippen LogP contribution in [0.2, 0.25) is 0 Å². The molecule has 3 aromatic carbocycles. The van der Waals surface area contributed by atoms with E-state index >= 15 is 0 Å². The molecule has 0 bridgehead atoms. The highest BCUT2D eigenvalue weighted by Crippen LogP contribution is 2.32. The fraction of sp³-hybridized carbons (Fsp3) is 0.120. The maximum atomic E-state index is 13.7. The lowest BCUT2D eigenvalue weighted by molar-refractivity contribution is 0.587. The second kappa shape index (κ2) is 6.89. The standard InChI is InChI=1S/C25H22N2O2S/c1-17-11-13-20(14-12-17)30(28,29)27-24-10-6-4-7-21(24)18(2)25(27)15-19-16-26-23-9-5-3-8-22(19)23/h3-14,16,26H,15H2,1-2H3. The molecule has 4 nitrogen and oxygen atoms in total. The van der Waals surface area contributed by atoms with Crippen LogP contribution < -0.4 is 0 Å². The number of rotatable bonds is 4. The zero-order chi connectivity index (χ0) is 20.9. The van der Waals surface area contributed by atoms with Gasteiger partial charge in [-0.05, 0) is 49.2 Å². The second-order valence-corrected chi connectivity index (χ2v) is 9.49. The van der Waals surface area contributed by atoms with Gasteiger partial charge in [-0.1, -0.05) is 54.1 Å². The van der Waals surface area contributed by atoms with Crippen LogP contribution >= 0.6 is 0 Å². The smallest absolute Gasteiger partial charge is 0.268 e. The fourth-order valence-electron chi connectivity index (χ4n) is 4.17. The number of nitrogens with zero attached hydrogens (tertiary/aromatic N) is 1. The Hall–Kier alpha value is -3.31. The molecule has 0 fully saturated rings. The predicted molar refractivity (Wildman–Crippen MR) is 122 cm³/mol. The van der Waals surface area contributed by atoms with Crippen LogP contribution in [0.4, 0.5) is 0 Å². The minimum atomic E-state index is -3.74. The topological polar surface area (TPSA) is 54.9 Å². The largest absolute Gasteiger partial charge is 0.361 e. The Balaban J connectivity index is 1.76. The van der Waals surface area contributed by atoms with Crippen molar-refractivity contribution >= 4 is 31.8 Å². The summed E-state index contributed by atoms with van der Waals surface area (Å²) in [6, 6.07) is 22.9. The first-order valence-electron chi connectivity index (χ1n) is 9.93. The quantitative estimate of drug-likeness (QED) is 0.418.